The molecule has 1 saturated heterocycles. The van der Waals surface area contributed by atoms with Crippen LogP contribution in [-0.4, -0.2) is 36.0 Å². The Labute approximate surface area is 107 Å². The topological polar surface area (TPSA) is 58.4 Å². The Balaban J connectivity index is 2.10. The van der Waals surface area contributed by atoms with Gasteiger partial charge in [0.1, 0.15) is 0 Å². The Kier molecular flexibility index (Phi) is 3.81. The molecule has 2 rings (SSSR count). The molecule has 1 heterocycles. The van der Waals surface area contributed by atoms with Crippen molar-refractivity contribution < 1.29 is 4.92 Å². The minimum atomic E-state index is -0.342. The van der Waals surface area contributed by atoms with Gasteiger partial charge in [-0.15, -0.1) is 0 Å². The molecule has 1 fully saturated rings. The SMILES string of the molecule is Cc1cc(NC2CCCN(C)C2)cc([N+](=O)[O-])c1. The molecule has 1 atom stereocenters. The van der Waals surface area contributed by atoms with Gasteiger partial charge in [-0.05, 0) is 45.0 Å². The minimum absolute atomic E-state index is 0.154. The molecule has 1 aliphatic rings. The van der Waals surface area contributed by atoms with E-state index in [0.717, 1.165) is 30.8 Å². The number of piperidine rings is 1. The number of rotatable bonds is 3. The first-order valence-corrected chi connectivity index (χ1v) is 6.26. The summed E-state index contributed by atoms with van der Waals surface area (Å²) >= 11 is 0. The number of benzene rings is 1. The molecule has 1 aliphatic heterocycles. The summed E-state index contributed by atoms with van der Waals surface area (Å²) < 4.78 is 0. The van der Waals surface area contributed by atoms with Gasteiger partial charge in [-0.3, -0.25) is 10.1 Å². The van der Waals surface area contributed by atoms with Gasteiger partial charge in [-0.2, -0.15) is 0 Å². The summed E-state index contributed by atoms with van der Waals surface area (Å²) in [5.41, 5.74) is 1.92. The number of nitro groups is 1. The lowest BCUT2D eigenvalue weighted by Crippen LogP contribution is -2.39. The van der Waals surface area contributed by atoms with Crippen molar-refractivity contribution in [1.29, 1.82) is 0 Å². The van der Waals surface area contributed by atoms with Crippen LogP contribution in [0.1, 0.15) is 18.4 Å². The Morgan fingerprint density at radius 2 is 2.22 bits per heavy atom. The molecule has 0 bridgehead atoms. The van der Waals surface area contributed by atoms with E-state index in [9.17, 15) is 10.1 Å². The summed E-state index contributed by atoms with van der Waals surface area (Å²) in [6.07, 6.45) is 2.29. The van der Waals surface area contributed by atoms with Gasteiger partial charge in [0.2, 0.25) is 0 Å². The largest absolute Gasteiger partial charge is 0.381 e. The summed E-state index contributed by atoms with van der Waals surface area (Å²) in [5.74, 6) is 0. The van der Waals surface area contributed by atoms with Gasteiger partial charge in [0.15, 0.2) is 0 Å². The smallest absolute Gasteiger partial charge is 0.271 e. The van der Waals surface area contributed by atoms with Crippen LogP contribution in [0.3, 0.4) is 0 Å². The van der Waals surface area contributed by atoms with E-state index in [0.29, 0.717) is 6.04 Å². The van der Waals surface area contributed by atoms with Crippen molar-refractivity contribution in [2.24, 2.45) is 0 Å². The van der Waals surface area contributed by atoms with Crippen LogP contribution in [0.4, 0.5) is 11.4 Å². The number of likely N-dealkylation sites (tertiary alicyclic amines) is 1. The van der Waals surface area contributed by atoms with Crippen LogP contribution in [0.15, 0.2) is 18.2 Å². The number of hydrogen-bond acceptors (Lipinski definition) is 4. The van der Waals surface area contributed by atoms with Crippen LogP contribution in [0.25, 0.3) is 0 Å². The molecule has 0 aliphatic carbocycles. The van der Waals surface area contributed by atoms with Gasteiger partial charge in [-0.1, -0.05) is 0 Å². The average Bonchev–Trinajstić information content (AvgIpc) is 2.28. The van der Waals surface area contributed by atoms with E-state index in [1.165, 1.54) is 6.42 Å². The second-order valence-electron chi connectivity index (χ2n) is 5.06. The Morgan fingerprint density at radius 3 is 2.89 bits per heavy atom. The number of nitrogens with one attached hydrogen (secondary N) is 1. The van der Waals surface area contributed by atoms with Crippen LogP contribution in [0.5, 0.6) is 0 Å². The van der Waals surface area contributed by atoms with Crippen molar-refractivity contribution in [1.82, 2.24) is 4.90 Å². The maximum Gasteiger partial charge on any atom is 0.271 e. The molecule has 1 aromatic carbocycles. The molecule has 98 valence electrons. The number of nitro benzene ring substituents is 1. The Hall–Kier alpha value is -1.62. The van der Waals surface area contributed by atoms with Crippen LogP contribution in [-0.2, 0) is 0 Å². The molecule has 1 N–H and O–H groups in total. The molecule has 18 heavy (non-hydrogen) atoms. The van der Waals surface area contributed by atoms with E-state index in [4.69, 9.17) is 0 Å². The zero-order valence-electron chi connectivity index (χ0n) is 10.8. The van der Waals surface area contributed by atoms with Crippen LogP contribution < -0.4 is 5.32 Å². The van der Waals surface area contributed by atoms with Crippen LogP contribution in [0, 0.1) is 17.0 Å². The van der Waals surface area contributed by atoms with Crippen molar-refractivity contribution in [3.63, 3.8) is 0 Å². The molecule has 5 nitrogen and oxygen atoms in total. The highest BCUT2D eigenvalue weighted by Crippen LogP contribution is 2.22. The highest BCUT2D eigenvalue weighted by atomic mass is 16.6. The maximum absolute atomic E-state index is 10.8. The second kappa shape index (κ2) is 5.35. The first-order valence-electron chi connectivity index (χ1n) is 6.26. The molecule has 0 amide bonds. The lowest BCUT2D eigenvalue weighted by atomic mass is 10.1. The van der Waals surface area contributed by atoms with Gasteiger partial charge in [0.25, 0.3) is 5.69 Å². The lowest BCUT2D eigenvalue weighted by Gasteiger charge is -2.30. The van der Waals surface area contributed by atoms with Crippen molar-refractivity contribution >= 4 is 11.4 Å². The maximum atomic E-state index is 10.8. The van der Waals surface area contributed by atoms with E-state index in [1.807, 2.05) is 13.0 Å². The predicted molar refractivity (Wildman–Crippen MR) is 72.0 cm³/mol. The fraction of sp³-hybridized carbons (Fsp3) is 0.538. The average molecular weight is 249 g/mol. The van der Waals surface area contributed by atoms with Crippen LogP contribution >= 0.6 is 0 Å². The van der Waals surface area contributed by atoms with Crippen molar-refractivity contribution in [2.45, 2.75) is 25.8 Å². The molecular weight excluding hydrogens is 230 g/mol. The van der Waals surface area contributed by atoms with E-state index < -0.39 is 0 Å². The summed E-state index contributed by atoms with van der Waals surface area (Å²) in [4.78, 5) is 12.8. The molecule has 0 spiro atoms. The first-order chi connectivity index (χ1) is 8.54. The van der Waals surface area contributed by atoms with Gasteiger partial charge in [0, 0.05) is 30.4 Å². The fourth-order valence-corrected chi connectivity index (χ4v) is 2.47. The van der Waals surface area contributed by atoms with Gasteiger partial charge >= 0.3 is 0 Å². The highest BCUT2D eigenvalue weighted by Gasteiger charge is 2.17. The minimum Gasteiger partial charge on any atom is -0.381 e. The predicted octanol–water partition coefficient (Wildman–Crippen LogP) is 2.41. The normalized spacial score (nSPS) is 20.7. The molecule has 0 saturated carbocycles. The lowest BCUT2D eigenvalue weighted by molar-refractivity contribution is -0.384. The third-order valence-electron chi connectivity index (χ3n) is 3.27. The second-order valence-corrected chi connectivity index (χ2v) is 5.06. The standard InChI is InChI=1S/C13H19N3O2/c1-10-6-12(8-13(7-10)16(17)18)14-11-4-3-5-15(2)9-11/h6-8,11,14H,3-5,9H2,1-2H3. The number of anilines is 1. The first kappa shape index (κ1) is 12.8. The van der Waals surface area contributed by atoms with E-state index in [-0.39, 0.29) is 10.6 Å². The third kappa shape index (κ3) is 3.20. The number of hydrogen-bond donors (Lipinski definition) is 1. The highest BCUT2D eigenvalue weighted by molar-refractivity contribution is 5.54. The van der Waals surface area contributed by atoms with Crippen LogP contribution in [0.2, 0.25) is 0 Å². The number of nitrogens with zero attached hydrogens (tertiary/aromatic N) is 2. The molecule has 1 aromatic rings. The number of likely N-dealkylation sites (N-methyl/N-ethyl adjacent to an activating group) is 1. The number of non-ortho nitro benzene ring substituents is 1. The number of aryl methyl sites for hydroxylation is 1. The molecule has 0 radical (unpaired) electrons. The Morgan fingerprint density at radius 1 is 1.44 bits per heavy atom. The summed E-state index contributed by atoms with van der Waals surface area (Å²) in [5, 5.41) is 14.2. The Bertz CT molecular complexity index is 448. The molecule has 5 heteroatoms. The monoisotopic (exact) mass is 249 g/mol. The molecule has 0 aromatic heterocycles. The zero-order chi connectivity index (χ0) is 13.1. The van der Waals surface area contributed by atoms with Gasteiger partial charge < -0.3 is 10.2 Å². The van der Waals surface area contributed by atoms with Crippen molar-refractivity contribution in [3.8, 4) is 0 Å². The van der Waals surface area contributed by atoms with E-state index >= 15 is 0 Å². The fourth-order valence-electron chi connectivity index (χ4n) is 2.47. The van der Waals surface area contributed by atoms with Crippen molar-refractivity contribution in [3.05, 3.63) is 33.9 Å². The van der Waals surface area contributed by atoms with E-state index in [1.54, 1.807) is 12.1 Å². The third-order valence-corrected chi connectivity index (χ3v) is 3.27. The van der Waals surface area contributed by atoms with Gasteiger partial charge in [-0.25, -0.2) is 0 Å². The molecular formula is C13H19N3O2. The summed E-state index contributed by atoms with van der Waals surface area (Å²) in [6, 6.07) is 5.55. The van der Waals surface area contributed by atoms with Gasteiger partial charge in [0.05, 0.1) is 4.92 Å². The molecule has 1 unspecified atom stereocenters. The van der Waals surface area contributed by atoms with Crippen molar-refractivity contribution in [2.75, 3.05) is 25.5 Å². The van der Waals surface area contributed by atoms with E-state index in [2.05, 4.69) is 17.3 Å². The summed E-state index contributed by atoms with van der Waals surface area (Å²) in [6.45, 7) is 4.00. The zero-order valence-corrected chi connectivity index (χ0v) is 10.8. The summed E-state index contributed by atoms with van der Waals surface area (Å²) in [7, 11) is 2.10. The quantitative estimate of drug-likeness (QED) is 0.660.